The molecule has 2 aliphatic heterocycles. The number of nitrogens with zero attached hydrogens (tertiary/aromatic N) is 2. The first kappa shape index (κ1) is 16.7. The Labute approximate surface area is 160 Å². The van der Waals surface area contributed by atoms with Crippen LogP contribution in [0.3, 0.4) is 0 Å². The maximum absolute atomic E-state index is 14.0. The number of hydrogen-bond donors (Lipinski definition) is 2. The van der Waals surface area contributed by atoms with Crippen molar-refractivity contribution in [3.05, 3.63) is 76.7 Å². The highest BCUT2D eigenvalue weighted by Crippen LogP contribution is 2.49. The quantitative estimate of drug-likeness (QED) is 0.722. The maximum atomic E-state index is 14.0. The van der Waals surface area contributed by atoms with Gasteiger partial charge in [0.2, 0.25) is 11.8 Å². The summed E-state index contributed by atoms with van der Waals surface area (Å²) in [6.45, 7) is 2.46. The number of nitrogens with one attached hydrogen (secondary N) is 2. The van der Waals surface area contributed by atoms with Crippen molar-refractivity contribution >= 4 is 23.3 Å². The van der Waals surface area contributed by atoms with Crippen molar-refractivity contribution in [2.75, 3.05) is 10.6 Å². The summed E-state index contributed by atoms with van der Waals surface area (Å²) in [5.74, 6) is -0.609. The van der Waals surface area contributed by atoms with Crippen molar-refractivity contribution in [3.63, 3.8) is 0 Å². The monoisotopic (exact) mass is 376 g/mol. The summed E-state index contributed by atoms with van der Waals surface area (Å²) in [6, 6.07) is 12.2. The fourth-order valence-electron chi connectivity index (χ4n) is 4.10. The van der Waals surface area contributed by atoms with E-state index in [-0.39, 0.29) is 18.2 Å². The average Bonchev–Trinajstić information content (AvgIpc) is 3.18. The highest BCUT2D eigenvalue weighted by molar-refractivity contribution is 6.14. The van der Waals surface area contributed by atoms with Crippen LogP contribution >= 0.6 is 0 Å². The van der Waals surface area contributed by atoms with E-state index in [0.717, 1.165) is 11.1 Å². The molecule has 1 atom stereocenters. The molecule has 3 heterocycles. The van der Waals surface area contributed by atoms with E-state index in [2.05, 4.69) is 15.7 Å². The molecule has 5 rings (SSSR count). The molecule has 1 aromatic heterocycles. The Morgan fingerprint density at radius 2 is 1.89 bits per heavy atom. The highest BCUT2D eigenvalue weighted by Gasteiger charge is 2.54. The van der Waals surface area contributed by atoms with Crippen LogP contribution in [0.5, 0.6) is 0 Å². The first-order chi connectivity index (χ1) is 13.5. The third-order valence-corrected chi connectivity index (χ3v) is 5.51. The molecule has 0 saturated heterocycles. The number of carbonyl (C=O) groups excluding carboxylic acids is 2. The normalized spacial score (nSPS) is 19.9. The number of anilines is 2. The second-order valence-electron chi connectivity index (χ2n) is 7.32. The van der Waals surface area contributed by atoms with Crippen LogP contribution in [0, 0.1) is 12.7 Å². The first-order valence-corrected chi connectivity index (χ1v) is 9.00. The summed E-state index contributed by atoms with van der Waals surface area (Å²) >= 11 is 0. The van der Waals surface area contributed by atoms with Crippen LogP contribution in [0.25, 0.3) is 0 Å². The summed E-state index contributed by atoms with van der Waals surface area (Å²) in [4.78, 5) is 25.5. The first-order valence-electron chi connectivity index (χ1n) is 9.00. The Balaban J connectivity index is 1.65. The fourth-order valence-corrected chi connectivity index (χ4v) is 4.10. The lowest BCUT2D eigenvalue weighted by atomic mass is 9.72. The zero-order valence-electron chi connectivity index (χ0n) is 15.1. The van der Waals surface area contributed by atoms with Crippen LogP contribution in [0.15, 0.2) is 48.7 Å². The van der Waals surface area contributed by atoms with Crippen LogP contribution in [-0.2, 0) is 21.5 Å². The number of benzene rings is 2. The van der Waals surface area contributed by atoms with Crippen LogP contribution in [-0.4, -0.2) is 21.6 Å². The van der Waals surface area contributed by atoms with E-state index >= 15 is 0 Å². The van der Waals surface area contributed by atoms with Gasteiger partial charge in [0.05, 0.1) is 12.7 Å². The second kappa shape index (κ2) is 5.76. The van der Waals surface area contributed by atoms with Gasteiger partial charge in [-0.05, 0) is 36.2 Å². The average molecular weight is 376 g/mol. The SMILES string of the molecule is Cc1ccc(Cn2ncc3c2NC(=O)C[C@]32C(=O)Nc3ccc(F)cc32)cc1. The van der Waals surface area contributed by atoms with Crippen molar-refractivity contribution in [3.8, 4) is 0 Å². The number of carbonyl (C=O) groups is 2. The molecule has 0 bridgehead atoms. The van der Waals surface area contributed by atoms with Gasteiger partial charge in [0.15, 0.2) is 0 Å². The van der Waals surface area contributed by atoms with Gasteiger partial charge in [-0.3, -0.25) is 9.59 Å². The minimum absolute atomic E-state index is 0.0848. The Morgan fingerprint density at radius 1 is 1.11 bits per heavy atom. The molecule has 0 fully saturated rings. The number of amides is 2. The Hall–Kier alpha value is -3.48. The van der Waals surface area contributed by atoms with Gasteiger partial charge in [-0.2, -0.15) is 5.10 Å². The lowest BCUT2D eigenvalue weighted by Gasteiger charge is -2.31. The molecule has 0 unspecified atom stereocenters. The van der Waals surface area contributed by atoms with Gasteiger partial charge in [0, 0.05) is 17.7 Å². The third-order valence-electron chi connectivity index (χ3n) is 5.51. The van der Waals surface area contributed by atoms with Crippen LogP contribution in [0.1, 0.15) is 28.7 Å². The molecule has 2 amide bonds. The van der Waals surface area contributed by atoms with E-state index in [9.17, 15) is 14.0 Å². The van der Waals surface area contributed by atoms with Gasteiger partial charge in [-0.1, -0.05) is 29.8 Å². The van der Waals surface area contributed by atoms with E-state index in [1.165, 1.54) is 18.2 Å². The molecule has 0 saturated carbocycles. The summed E-state index contributed by atoms with van der Waals surface area (Å²) in [7, 11) is 0. The molecule has 3 aromatic rings. The van der Waals surface area contributed by atoms with E-state index in [4.69, 9.17) is 0 Å². The molecular formula is C21H17FN4O2. The van der Waals surface area contributed by atoms with Gasteiger partial charge in [0.1, 0.15) is 17.1 Å². The molecule has 7 heteroatoms. The van der Waals surface area contributed by atoms with E-state index in [0.29, 0.717) is 29.2 Å². The van der Waals surface area contributed by atoms with Gasteiger partial charge >= 0.3 is 0 Å². The van der Waals surface area contributed by atoms with Crippen molar-refractivity contribution in [2.24, 2.45) is 0 Å². The van der Waals surface area contributed by atoms with E-state index in [1.54, 1.807) is 10.9 Å². The van der Waals surface area contributed by atoms with Crippen LogP contribution < -0.4 is 10.6 Å². The second-order valence-corrected chi connectivity index (χ2v) is 7.32. The predicted molar refractivity (Wildman–Crippen MR) is 102 cm³/mol. The predicted octanol–water partition coefficient (Wildman–Crippen LogP) is 2.96. The highest BCUT2D eigenvalue weighted by atomic mass is 19.1. The largest absolute Gasteiger partial charge is 0.325 e. The topological polar surface area (TPSA) is 76.0 Å². The molecular weight excluding hydrogens is 359 g/mol. The molecule has 1 spiro atoms. The maximum Gasteiger partial charge on any atom is 0.240 e. The van der Waals surface area contributed by atoms with Gasteiger partial charge < -0.3 is 10.6 Å². The van der Waals surface area contributed by atoms with Crippen LogP contribution in [0.2, 0.25) is 0 Å². The molecule has 28 heavy (non-hydrogen) atoms. The molecule has 140 valence electrons. The lowest BCUT2D eigenvalue weighted by Crippen LogP contribution is -2.43. The Bertz CT molecular complexity index is 1140. The number of aryl methyl sites for hydroxylation is 1. The number of fused-ring (bicyclic) bond motifs is 4. The fraction of sp³-hybridized carbons (Fsp3) is 0.190. The standard InChI is InChI=1S/C21H17FN4O2/c1-12-2-4-13(5-3-12)11-26-19-16(10-23-26)21(9-18(27)25-19)15-8-14(22)6-7-17(15)24-20(21)28/h2-8,10H,9,11H2,1H3,(H,24,28)(H,25,27)/t21-/m1/s1. The number of rotatable bonds is 2. The molecule has 0 radical (unpaired) electrons. The summed E-state index contributed by atoms with van der Waals surface area (Å²) in [5, 5.41) is 10.1. The van der Waals surface area contributed by atoms with Gasteiger partial charge in [-0.25, -0.2) is 9.07 Å². The Kier molecular flexibility index (Phi) is 3.43. The summed E-state index contributed by atoms with van der Waals surface area (Å²) in [5.41, 5.74) is 2.50. The molecule has 0 aliphatic carbocycles. The number of aromatic nitrogens is 2. The van der Waals surface area contributed by atoms with Crippen LogP contribution in [0.4, 0.5) is 15.9 Å². The molecule has 2 N–H and O–H groups in total. The molecule has 6 nitrogen and oxygen atoms in total. The van der Waals surface area contributed by atoms with Gasteiger partial charge in [0.25, 0.3) is 0 Å². The zero-order chi connectivity index (χ0) is 19.5. The molecule has 2 aromatic carbocycles. The van der Waals surface area contributed by atoms with Crippen molar-refractivity contribution in [1.82, 2.24) is 9.78 Å². The van der Waals surface area contributed by atoms with Crippen molar-refractivity contribution in [1.29, 1.82) is 0 Å². The molecule has 2 aliphatic rings. The zero-order valence-corrected chi connectivity index (χ0v) is 15.1. The smallest absolute Gasteiger partial charge is 0.240 e. The van der Waals surface area contributed by atoms with Gasteiger partial charge in [-0.15, -0.1) is 0 Å². The summed E-state index contributed by atoms with van der Waals surface area (Å²) < 4.78 is 15.6. The van der Waals surface area contributed by atoms with E-state index < -0.39 is 11.2 Å². The Morgan fingerprint density at radius 3 is 2.68 bits per heavy atom. The lowest BCUT2D eigenvalue weighted by molar-refractivity contribution is -0.125. The van der Waals surface area contributed by atoms with Crippen molar-refractivity contribution in [2.45, 2.75) is 25.3 Å². The number of halogens is 1. The number of hydrogen-bond acceptors (Lipinski definition) is 3. The third kappa shape index (κ3) is 2.29. The minimum atomic E-state index is -1.26. The summed E-state index contributed by atoms with van der Waals surface area (Å²) in [6.07, 6.45) is 1.51. The van der Waals surface area contributed by atoms with E-state index in [1.807, 2.05) is 31.2 Å². The minimum Gasteiger partial charge on any atom is -0.325 e. The van der Waals surface area contributed by atoms with Crippen molar-refractivity contribution < 1.29 is 14.0 Å².